The predicted octanol–water partition coefficient (Wildman–Crippen LogP) is 0.879. The molecule has 1 rings (SSSR count). The summed E-state index contributed by atoms with van der Waals surface area (Å²) in [4.78, 5) is 25.0. The molecule has 0 bridgehead atoms. The number of carbonyl (C=O) groups is 2. The highest BCUT2D eigenvalue weighted by Gasteiger charge is 2.24. The van der Waals surface area contributed by atoms with E-state index in [4.69, 9.17) is 5.73 Å². The van der Waals surface area contributed by atoms with Gasteiger partial charge < -0.3 is 16.0 Å². The number of nitrogens with two attached hydrogens (primary N) is 1. The van der Waals surface area contributed by atoms with E-state index in [1.54, 1.807) is 7.05 Å². The van der Waals surface area contributed by atoms with Crippen molar-refractivity contribution in [2.24, 2.45) is 11.7 Å². The minimum Gasteiger partial charge on any atom is -0.352 e. The van der Waals surface area contributed by atoms with Crippen LogP contribution in [0, 0.1) is 5.92 Å². The molecule has 0 heterocycles. The van der Waals surface area contributed by atoms with Crippen LogP contribution < -0.4 is 11.1 Å². The van der Waals surface area contributed by atoms with Crippen LogP contribution in [0.3, 0.4) is 0 Å². The third-order valence-corrected chi connectivity index (χ3v) is 3.67. The fraction of sp³-hybridized carbons (Fsp3) is 0.857. The molecule has 1 aliphatic rings. The van der Waals surface area contributed by atoms with Crippen LogP contribution in [0.5, 0.6) is 0 Å². The number of nitrogens with zero attached hydrogens (tertiary/aromatic N) is 1. The molecule has 1 aliphatic carbocycles. The molecule has 1 unspecified atom stereocenters. The zero-order valence-corrected chi connectivity index (χ0v) is 12.2. The Morgan fingerprint density at radius 1 is 1.37 bits per heavy atom. The summed E-state index contributed by atoms with van der Waals surface area (Å²) in [6.45, 7) is 2.97. The van der Waals surface area contributed by atoms with E-state index >= 15 is 0 Å². The maximum absolute atomic E-state index is 11.9. The molecule has 2 amide bonds. The molecule has 0 aromatic carbocycles. The van der Waals surface area contributed by atoms with Crippen LogP contribution in [0.1, 0.15) is 45.4 Å². The molecule has 0 radical (unpaired) electrons. The first kappa shape index (κ1) is 16.0. The Morgan fingerprint density at radius 3 is 2.58 bits per heavy atom. The van der Waals surface area contributed by atoms with Crippen molar-refractivity contribution in [2.45, 2.75) is 51.5 Å². The summed E-state index contributed by atoms with van der Waals surface area (Å²) in [5.41, 5.74) is 5.54. The van der Waals surface area contributed by atoms with E-state index in [0.717, 1.165) is 32.1 Å². The molecule has 0 spiro atoms. The Kier molecular flexibility index (Phi) is 6.84. The molecule has 110 valence electrons. The molecule has 0 aliphatic heterocycles. The van der Waals surface area contributed by atoms with Crippen LogP contribution in [0.25, 0.3) is 0 Å². The van der Waals surface area contributed by atoms with Crippen molar-refractivity contribution in [3.05, 3.63) is 0 Å². The SMILES string of the molecule is CCC(CCN)CCC(=O)N(C)CC(=O)NC1CC1. The lowest BCUT2D eigenvalue weighted by Crippen LogP contribution is -2.39. The van der Waals surface area contributed by atoms with Gasteiger partial charge in [0, 0.05) is 19.5 Å². The fourth-order valence-corrected chi connectivity index (χ4v) is 2.11. The van der Waals surface area contributed by atoms with E-state index in [1.807, 2.05) is 0 Å². The van der Waals surface area contributed by atoms with E-state index in [0.29, 0.717) is 24.9 Å². The van der Waals surface area contributed by atoms with Gasteiger partial charge in [0.15, 0.2) is 0 Å². The maximum atomic E-state index is 11.9. The summed E-state index contributed by atoms with van der Waals surface area (Å²) in [5, 5.41) is 2.89. The van der Waals surface area contributed by atoms with Crippen molar-refractivity contribution in [3.8, 4) is 0 Å². The summed E-state index contributed by atoms with van der Waals surface area (Å²) >= 11 is 0. The quantitative estimate of drug-likeness (QED) is 0.652. The van der Waals surface area contributed by atoms with E-state index in [2.05, 4.69) is 12.2 Å². The average molecular weight is 269 g/mol. The van der Waals surface area contributed by atoms with Crippen LogP contribution in [0.4, 0.5) is 0 Å². The summed E-state index contributed by atoms with van der Waals surface area (Å²) in [6.07, 6.45) is 5.53. The van der Waals surface area contributed by atoms with Crippen LogP contribution in [0.2, 0.25) is 0 Å². The number of likely N-dealkylation sites (N-methyl/N-ethyl adjacent to an activating group) is 1. The van der Waals surface area contributed by atoms with Crippen molar-refractivity contribution in [2.75, 3.05) is 20.1 Å². The Labute approximate surface area is 115 Å². The van der Waals surface area contributed by atoms with Gasteiger partial charge in [0.1, 0.15) is 0 Å². The van der Waals surface area contributed by atoms with Gasteiger partial charge in [-0.1, -0.05) is 13.3 Å². The van der Waals surface area contributed by atoms with E-state index in [-0.39, 0.29) is 18.4 Å². The molecule has 1 atom stereocenters. The van der Waals surface area contributed by atoms with Gasteiger partial charge in [-0.25, -0.2) is 0 Å². The standard InChI is InChI=1S/C14H27N3O2/c1-3-11(8-9-15)4-7-14(19)17(2)10-13(18)16-12-5-6-12/h11-12H,3-10,15H2,1-2H3,(H,16,18). The van der Waals surface area contributed by atoms with Gasteiger partial charge in [-0.05, 0) is 38.1 Å². The first-order chi connectivity index (χ1) is 9.06. The highest BCUT2D eigenvalue weighted by Crippen LogP contribution is 2.18. The Hall–Kier alpha value is -1.10. The topological polar surface area (TPSA) is 75.4 Å². The Morgan fingerprint density at radius 2 is 2.05 bits per heavy atom. The zero-order chi connectivity index (χ0) is 14.3. The van der Waals surface area contributed by atoms with Crippen molar-refractivity contribution < 1.29 is 9.59 Å². The average Bonchev–Trinajstić information content (AvgIpc) is 3.17. The minimum absolute atomic E-state index is 0.0430. The maximum Gasteiger partial charge on any atom is 0.239 e. The van der Waals surface area contributed by atoms with Crippen LogP contribution >= 0.6 is 0 Å². The van der Waals surface area contributed by atoms with Crippen LogP contribution in [-0.4, -0.2) is 42.9 Å². The van der Waals surface area contributed by atoms with E-state index < -0.39 is 0 Å². The zero-order valence-electron chi connectivity index (χ0n) is 12.2. The van der Waals surface area contributed by atoms with Gasteiger partial charge in [0.05, 0.1) is 6.54 Å². The smallest absolute Gasteiger partial charge is 0.239 e. The first-order valence-corrected chi connectivity index (χ1v) is 7.30. The van der Waals surface area contributed by atoms with Gasteiger partial charge in [-0.2, -0.15) is 0 Å². The fourth-order valence-electron chi connectivity index (χ4n) is 2.11. The minimum atomic E-state index is -0.0488. The van der Waals surface area contributed by atoms with Gasteiger partial charge in [-0.3, -0.25) is 9.59 Å². The largest absolute Gasteiger partial charge is 0.352 e. The molecular weight excluding hydrogens is 242 g/mol. The number of amides is 2. The third-order valence-electron chi connectivity index (χ3n) is 3.67. The van der Waals surface area contributed by atoms with Crippen LogP contribution in [-0.2, 0) is 9.59 Å². The van der Waals surface area contributed by atoms with Crippen molar-refractivity contribution in [3.63, 3.8) is 0 Å². The predicted molar refractivity (Wildman–Crippen MR) is 75.5 cm³/mol. The molecule has 0 aromatic rings. The van der Waals surface area contributed by atoms with Crippen molar-refractivity contribution >= 4 is 11.8 Å². The first-order valence-electron chi connectivity index (χ1n) is 7.30. The number of rotatable bonds is 9. The van der Waals surface area contributed by atoms with Gasteiger partial charge in [-0.15, -0.1) is 0 Å². The molecule has 1 saturated carbocycles. The number of hydrogen-bond donors (Lipinski definition) is 2. The molecular formula is C14H27N3O2. The second-order valence-corrected chi connectivity index (χ2v) is 5.48. The molecule has 0 aromatic heterocycles. The van der Waals surface area contributed by atoms with E-state index in [1.165, 1.54) is 4.90 Å². The monoisotopic (exact) mass is 269 g/mol. The molecule has 5 heteroatoms. The van der Waals surface area contributed by atoms with Crippen LogP contribution in [0.15, 0.2) is 0 Å². The van der Waals surface area contributed by atoms with E-state index in [9.17, 15) is 9.59 Å². The lowest BCUT2D eigenvalue weighted by Gasteiger charge is -2.19. The lowest BCUT2D eigenvalue weighted by molar-refractivity contribution is -0.135. The van der Waals surface area contributed by atoms with Gasteiger partial charge in [0.2, 0.25) is 11.8 Å². The van der Waals surface area contributed by atoms with Gasteiger partial charge in [0.25, 0.3) is 0 Å². The van der Waals surface area contributed by atoms with Gasteiger partial charge >= 0.3 is 0 Å². The highest BCUT2D eigenvalue weighted by molar-refractivity contribution is 5.84. The Balaban J connectivity index is 2.20. The number of hydrogen-bond acceptors (Lipinski definition) is 3. The lowest BCUT2D eigenvalue weighted by atomic mass is 9.96. The molecule has 0 saturated heterocycles. The summed E-state index contributed by atoms with van der Waals surface area (Å²) in [7, 11) is 1.69. The number of carbonyl (C=O) groups excluding carboxylic acids is 2. The normalized spacial score (nSPS) is 15.9. The summed E-state index contributed by atoms with van der Waals surface area (Å²) < 4.78 is 0. The second-order valence-electron chi connectivity index (χ2n) is 5.48. The molecule has 3 N–H and O–H groups in total. The third kappa shape index (κ3) is 6.57. The van der Waals surface area contributed by atoms with Crippen molar-refractivity contribution in [1.29, 1.82) is 0 Å². The highest BCUT2D eigenvalue weighted by atomic mass is 16.2. The second kappa shape index (κ2) is 8.15. The Bertz CT molecular complexity index is 303. The molecule has 5 nitrogen and oxygen atoms in total. The number of nitrogens with one attached hydrogen (secondary N) is 1. The summed E-state index contributed by atoms with van der Waals surface area (Å²) in [6, 6.07) is 0.352. The summed E-state index contributed by atoms with van der Waals surface area (Å²) in [5.74, 6) is 0.511. The molecule has 1 fully saturated rings. The van der Waals surface area contributed by atoms with Crippen molar-refractivity contribution in [1.82, 2.24) is 10.2 Å². The molecule has 19 heavy (non-hydrogen) atoms.